The highest BCUT2D eigenvalue weighted by Crippen LogP contribution is 2.18. The second kappa shape index (κ2) is 50.4. The molecule has 0 fully saturated rings. The van der Waals surface area contributed by atoms with Gasteiger partial charge in [-0.2, -0.15) is 0 Å². The fraction of sp³-hybridized carbons (Fsp3) is 1.00. The molecule has 0 heterocycles. The number of hydrogen-bond acceptors (Lipinski definition) is 2. The van der Waals surface area contributed by atoms with Crippen molar-refractivity contribution in [1.29, 1.82) is 0 Å². The van der Waals surface area contributed by atoms with Crippen LogP contribution in [0.15, 0.2) is 0 Å². The Kier molecular flexibility index (Phi) is 54.6. The van der Waals surface area contributed by atoms with Gasteiger partial charge in [0.15, 0.2) is 0 Å². The topological polar surface area (TPSA) is 46.1 Å². The van der Waals surface area contributed by atoms with Gasteiger partial charge in [0.1, 0.15) is 0 Å². The summed E-state index contributed by atoms with van der Waals surface area (Å²) >= 11 is 0. The minimum atomic E-state index is -1.42. The van der Waals surface area contributed by atoms with Crippen molar-refractivity contribution in [2.24, 2.45) is 0 Å². The highest BCUT2D eigenvalue weighted by atomic mass is 31.1. The van der Waals surface area contributed by atoms with E-state index in [1.807, 2.05) is 0 Å². The molecule has 0 aliphatic heterocycles. The molecule has 0 atom stereocenters. The third kappa shape index (κ3) is 50.3. The van der Waals surface area contributed by atoms with Crippen molar-refractivity contribution in [2.45, 2.75) is 273 Å². The van der Waals surface area contributed by atoms with Crippen LogP contribution >= 0.6 is 9.03 Å². The summed E-state index contributed by atoms with van der Waals surface area (Å²) in [6, 6.07) is 0. The number of nitrogens with zero attached hydrogens (tertiary/aromatic N) is 2. The Bertz CT molecular complexity index is 528. The van der Waals surface area contributed by atoms with Gasteiger partial charge in [-0.3, -0.25) is 0 Å². The van der Waals surface area contributed by atoms with Crippen LogP contribution in [-0.2, 0) is 0 Å². The van der Waals surface area contributed by atoms with Gasteiger partial charge in [-0.15, -0.1) is 0 Å². The van der Waals surface area contributed by atoms with Gasteiger partial charge < -0.3 is 27.8 Å². The van der Waals surface area contributed by atoms with E-state index in [9.17, 15) is 0 Å². The van der Waals surface area contributed by atoms with Gasteiger partial charge in [-0.25, -0.2) is 0 Å². The molecule has 0 aromatic heterocycles. The van der Waals surface area contributed by atoms with Crippen LogP contribution in [0.4, 0.5) is 0 Å². The molecule has 0 saturated heterocycles. The van der Waals surface area contributed by atoms with Crippen LogP contribution in [-0.4, -0.2) is 62.3 Å². The zero-order valence-corrected chi connectivity index (χ0v) is 40.9. The Morgan fingerprint density at radius 2 is 0.345 bits per heavy atom. The molecule has 0 aliphatic rings. The van der Waals surface area contributed by atoms with Crippen LogP contribution in [0.3, 0.4) is 0 Å². The molecule has 0 spiro atoms. The van der Waals surface area contributed by atoms with Crippen molar-refractivity contribution in [1.82, 2.24) is 0 Å². The van der Waals surface area contributed by atoms with E-state index in [-0.39, 0.29) is 0 Å². The van der Waals surface area contributed by atoms with Crippen molar-refractivity contribution in [3.63, 3.8) is 0 Å². The average molecular weight is 801 g/mol. The van der Waals surface area contributed by atoms with Crippen molar-refractivity contribution >= 4 is 9.03 Å². The van der Waals surface area contributed by atoms with Crippen molar-refractivity contribution in [3.8, 4) is 0 Å². The molecular weight excluding hydrogens is 692 g/mol. The SMILES string of the molecule is CCCCCCCC[N+](C)(CCCCCCCC)CCCCCCCC.CCCCCCCC[N+](C)(CCCCCCCC)CCCCCCCC.[O-]P[O-]. The molecule has 0 aromatic carbocycles. The van der Waals surface area contributed by atoms with Crippen molar-refractivity contribution in [2.75, 3.05) is 53.4 Å². The molecule has 0 radical (unpaired) electrons. The number of unbranched alkanes of at least 4 members (excludes halogenated alkanes) is 30. The van der Waals surface area contributed by atoms with Crippen molar-refractivity contribution < 1.29 is 18.8 Å². The lowest BCUT2D eigenvalue weighted by atomic mass is 10.1. The smallest absolute Gasteiger partial charge is 0.0784 e. The highest BCUT2D eigenvalue weighted by Gasteiger charge is 2.21. The van der Waals surface area contributed by atoms with E-state index in [2.05, 4.69) is 55.6 Å². The molecule has 0 bridgehead atoms. The molecule has 0 amide bonds. The van der Waals surface area contributed by atoms with Crippen molar-refractivity contribution in [3.05, 3.63) is 0 Å². The minimum absolute atomic E-state index is 1.36. The number of hydrogen-bond donors (Lipinski definition) is 0. The standard InChI is InChI=1S/2C25H54N.HO2P/c2*1-5-8-11-14-17-20-23-26(4,24-21-18-15-12-9-6-2)25-22-19-16-13-10-7-3;1-3-2/h2*5-25H2,1-4H3;3H/q2*+1;-2. The van der Waals surface area contributed by atoms with E-state index < -0.39 is 9.03 Å². The van der Waals surface area contributed by atoms with E-state index in [1.165, 1.54) is 279 Å². The zero-order valence-electron chi connectivity index (χ0n) is 39.9. The van der Waals surface area contributed by atoms with Gasteiger partial charge in [0.2, 0.25) is 0 Å². The number of quaternary nitrogens is 2. The molecule has 0 aliphatic carbocycles. The average Bonchev–Trinajstić information content (AvgIpc) is 3.17. The van der Waals surface area contributed by atoms with Gasteiger partial charge in [0, 0.05) is 0 Å². The number of rotatable bonds is 42. The van der Waals surface area contributed by atoms with E-state index in [0.717, 1.165) is 0 Å². The van der Waals surface area contributed by atoms with E-state index in [4.69, 9.17) is 9.79 Å². The van der Waals surface area contributed by atoms with Crippen LogP contribution in [0, 0.1) is 0 Å². The molecule has 0 N–H and O–H groups in total. The largest absolute Gasteiger partial charge is 0.844 e. The maximum atomic E-state index is 8.40. The summed E-state index contributed by atoms with van der Waals surface area (Å²) in [6.07, 6.45) is 51.7. The second-order valence-electron chi connectivity index (χ2n) is 18.3. The van der Waals surface area contributed by atoms with Crippen LogP contribution in [0.5, 0.6) is 0 Å². The zero-order chi connectivity index (χ0) is 41.4. The van der Waals surface area contributed by atoms with Crippen LogP contribution in [0.1, 0.15) is 273 Å². The van der Waals surface area contributed by atoms with Gasteiger partial charge in [0.05, 0.1) is 53.4 Å². The summed E-state index contributed by atoms with van der Waals surface area (Å²) in [5.41, 5.74) is 0. The van der Waals surface area contributed by atoms with Crippen LogP contribution in [0.25, 0.3) is 0 Å². The van der Waals surface area contributed by atoms with Gasteiger partial charge in [-0.1, -0.05) is 196 Å². The van der Waals surface area contributed by atoms with Gasteiger partial charge in [0.25, 0.3) is 0 Å². The van der Waals surface area contributed by atoms with Gasteiger partial charge in [-0.05, 0) is 77.0 Å². The Balaban J connectivity index is -0.000000917. The predicted molar refractivity (Wildman–Crippen MR) is 250 cm³/mol. The fourth-order valence-corrected chi connectivity index (χ4v) is 8.31. The Morgan fingerprint density at radius 1 is 0.236 bits per heavy atom. The lowest BCUT2D eigenvalue weighted by Crippen LogP contribution is -2.46. The fourth-order valence-electron chi connectivity index (χ4n) is 8.31. The van der Waals surface area contributed by atoms with Crippen LogP contribution in [0.2, 0.25) is 0 Å². The summed E-state index contributed by atoms with van der Waals surface area (Å²) in [5, 5.41) is 0. The first-order valence-corrected chi connectivity index (χ1v) is 26.3. The Labute approximate surface area is 352 Å². The summed E-state index contributed by atoms with van der Waals surface area (Å²) in [5.74, 6) is 0. The maximum absolute atomic E-state index is 8.40. The Morgan fingerprint density at radius 3 is 0.473 bits per heavy atom. The van der Waals surface area contributed by atoms with Gasteiger partial charge >= 0.3 is 0 Å². The molecular formula is C50H109N2O2P. The molecule has 5 heteroatoms. The molecule has 0 rings (SSSR count). The quantitative estimate of drug-likeness (QED) is 0.0351. The molecule has 4 nitrogen and oxygen atoms in total. The first kappa shape index (κ1) is 59.6. The highest BCUT2D eigenvalue weighted by molar-refractivity contribution is 7.20. The first-order chi connectivity index (χ1) is 26.8. The van der Waals surface area contributed by atoms with E-state index >= 15 is 0 Å². The summed E-state index contributed by atoms with van der Waals surface area (Å²) in [4.78, 5) is 16.8. The van der Waals surface area contributed by atoms with E-state index in [1.54, 1.807) is 0 Å². The van der Waals surface area contributed by atoms with E-state index in [0.29, 0.717) is 0 Å². The lowest BCUT2D eigenvalue weighted by molar-refractivity contribution is -0.910. The van der Waals surface area contributed by atoms with Crippen LogP contribution < -0.4 is 9.79 Å². The monoisotopic (exact) mass is 801 g/mol. The molecule has 0 unspecified atom stereocenters. The first-order valence-electron chi connectivity index (χ1n) is 25.4. The summed E-state index contributed by atoms with van der Waals surface area (Å²) in [7, 11) is 3.70. The maximum Gasteiger partial charge on any atom is 0.0784 e. The Hall–Kier alpha value is 0.270. The molecule has 336 valence electrons. The minimum Gasteiger partial charge on any atom is -0.844 e. The third-order valence-electron chi connectivity index (χ3n) is 12.3. The lowest BCUT2D eigenvalue weighted by Gasteiger charge is -2.35. The normalized spacial score (nSPS) is 11.7. The molecule has 0 saturated carbocycles. The summed E-state index contributed by atoms with van der Waals surface area (Å²) in [6.45, 7) is 22.4. The molecule has 0 aromatic rings. The molecule has 55 heavy (non-hydrogen) atoms. The summed E-state index contributed by atoms with van der Waals surface area (Å²) < 4.78 is 2.71. The predicted octanol–water partition coefficient (Wildman–Crippen LogP) is 15.2. The second-order valence-corrected chi connectivity index (χ2v) is 18.4. The third-order valence-corrected chi connectivity index (χ3v) is 12.3.